The molecular weight excluding hydrogens is 214 g/mol. The molecule has 0 aliphatic carbocycles. The molecule has 1 unspecified atom stereocenters. The summed E-state index contributed by atoms with van der Waals surface area (Å²) in [6, 6.07) is 2.68. The van der Waals surface area contributed by atoms with Crippen molar-refractivity contribution in [2.75, 3.05) is 13.3 Å². The molecule has 1 N–H and O–H groups in total. The third-order valence-electron chi connectivity index (χ3n) is 3.86. The minimum Gasteiger partial charge on any atom is -0.453 e. The van der Waals surface area contributed by atoms with E-state index in [2.05, 4.69) is 25.2 Å². The fourth-order valence-corrected chi connectivity index (χ4v) is 2.73. The minimum absolute atomic E-state index is 0.360. The molecule has 0 bridgehead atoms. The van der Waals surface area contributed by atoms with Gasteiger partial charge in [0.1, 0.15) is 0 Å². The first-order chi connectivity index (χ1) is 8.27. The lowest BCUT2D eigenvalue weighted by Gasteiger charge is -2.25. The van der Waals surface area contributed by atoms with E-state index in [1.807, 2.05) is 0 Å². The lowest BCUT2D eigenvalue weighted by atomic mass is 9.93. The Bertz CT molecular complexity index is 436. The van der Waals surface area contributed by atoms with Gasteiger partial charge in [-0.3, -0.25) is 0 Å². The van der Waals surface area contributed by atoms with Crippen LogP contribution in [0.4, 0.5) is 0 Å². The largest absolute Gasteiger partial charge is 0.453 e. The second-order valence-electron chi connectivity index (χ2n) is 4.97. The molecule has 2 heterocycles. The van der Waals surface area contributed by atoms with Gasteiger partial charge in [0.25, 0.3) is 0 Å². The quantitative estimate of drug-likeness (QED) is 0.809. The van der Waals surface area contributed by atoms with Crippen molar-refractivity contribution in [2.45, 2.75) is 39.2 Å². The first kappa shape index (κ1) is 10.9. The molecule has 0 saturated carbocycles. The van der Waals surface area contributed by atoms with Gasteiger partial charge in [-0.05, 0) is 44.4 Å². The molecule has 1 saturated heterocycles. The standard InChI is InChI=1S/C14H19NO2/c1-9-7-11(12-5-3-4-6-15-12)14-13(10(9)2)16-8-17-14/h7,12,15H,3-6,8H2,1-2H3. The number of piperidine rings is 1. The monoisotopic (exact) mass is 233 g/mol. The van der Waals surface area contributed by atoms with Crippen molar-refractivity contribution in [3.05, 3.63) is 22.8 Å². The zero-order valence-corrected chi connectivity index (χ0v) is 10.5. The van der Waals surface area contributed by atoms with Gasteiger partial charge >= 0.3 is 0 Å². The van der Waals surface area contributed by atoms with Crippen molar-refractivity contribution in [1.82, 2.24) is 5.32 Å². The number of fused-ring (bicyclic) bond motifs is 1. The second kappa shape index (κ2) is 4.22. The molecule has 0 spiro atoms. The van der Waals surface area contributed by atoms with Gasteiger partial charge in [-0.2, -0.15) is 0 Å². The summed E-state index contributed by atoms with van der Waals surface area (Å²) in [7, 11) is 0. The predicted molar refractivity (Wildman–Crippen MR) is 66.6 cm³/mol. The van der Waals surface area contributed by atoms with Crippen LogP contribution in [0.5, 0.6) is 11.5 Å². The van der Waals surface area contributed by atoms with Crippen molar-refractivity contribution < 1.29 is 9.47 Å². The van der Waals surface area contributed by atoms with Gasteiger partial charge in [0, 0.05) is 11.6 Å². The van der Waals surface area contributed by atoms with Crippen molar-refractivity contribution >= 4 is 0 Å². The molecule has 2 aliphatic rings. The van der Waals surface area contributed by atoms with E-state index >= 15 is 0 Å². The summed E-state index contributed by atoms with van der Waals surface area (Å²) >= 11 is 0. The second-order valence-corrected chi connectivity index (χ2v) is 4.97. The molecule has 0 radical (unpaired) electrons. The summed E-state index contributed by atoms with van der Waals surface area (Å²) in [6.07, 6.45) is 3.76. The van der Waals surface area contributed by atoms with Crippen molar-refractivity contribution in [1.29, 1.82) is 0 Å². The lowest BCUT2D eigenvalue weighted by Crippen LogP contribution is -2.27. The van der Waals surface area contributed by atoms with E-state index in [4.69, 9.17) is 9.47 Å². The molecule has 1 aromatic rings. The van der Waals surface area contributed by atoms with Crippen LogP contribution in [0.25, 0.3) is 0 Å². The maximum atomic E-state index is 5.66. The van der Waals surface area contributed by atoms with Crippen molar-refractivity contribution in [3.8, 4) is 11.5 Å². The molecule has 1 fully saturated rings. The zero-order valence-electron chi connectivity index (χ0n) is 10.5. The Labute approximate surface area is 102 Å². The highest BCUT2D eigenvalue weighted by Crippen LogP contribution is 2.44. The van der Waals surface area contributed by atoms with Gasteiger partial charge in [-0.1, -0.05) is 12.5 Å². The van der Waals surface area contributed by atoms with Crippen molar-refractivity contribution in [2.24, 2.45) is 0 Å². The highest BCUT2D eigenvalue weighted by atomic mass is 16.7. The SMILES string of the molecule is Cc1cc(C2CCCCN2)c2c(c1C)OCO2. The maximum absolute atomic E-state index is 5.66. The van der Waals surface area contributed by atoms with Gasteiger partial charge in [0.15, 0.2) is 11.5 Å². The number of hydrogen-bond acceptors (Lipinski definition) is 3. The number of nitrogens with one attached hydrogen (secondary N) is 1. The molecule has 3 nitrogen and oxygen atoms in total. The van der Waals surface area contributed by atoms with Crippen LogP contribution in [0, 0.1) is 13.8 Å². The number of hydrogen-bond donors (Lipinski definition) is 1. The van der Waals surface area contributed by atoms with E-state index < -0.39 is 0 Å². The number of benzene rings is 1. The molecule has 1 atom stereocenters. The molecule has 92 valence electrons. The first-order valence-electron chi connectivity index (χ1n) is 6.40. The topological polar surface area (TPSA) is 30.5 Å². The number of aryl methyl sites for hydroxylation is 1. The Morgan fingerprint density at radius 1 is 1.18 bits per heavy atom. The fraction of sp³-hybridized carbons (Fsp3) is 0.571. The summed E-state index contributed by atoms with van der Waals surface area (Å²) in [5.74, 6) is 1.92. The molecule has 0 aromatic heterocycles. The average molecular weight is 233 g/mol. The van der Waals surface area contributed by atoms with E-state index in [9.17, 15) is 0 Å². The molecule has 3 heteroatoms. The van der Waals surface area contributed by atoms with Crippen LogP contribution in [-0.4, -0.2) is 13.3 Å². The predicted octanol–water partition coefficient (Wildman–Crippen LogP) is 2.85. The Morgan fingerprint density at radius 3 is 2.76 bits per heavy atom. The van der Waals surface area contributed by atoms with E-state index in [1.54, 1.807) is 0 Å². The highest BCUT2D eigenvalue weighted by molar-refractivity contribution is 5.57. The minimum atomic E-state index is 0.360. The van der Waals surface area contributed by atoms with E-state index in [1.165, 1.54) is 36.0 Å². The Hall–Kier alpha value is -1.22. The normalized spacial score (nSPS) is 22.8. The van der Waals surface area contributed by atoms with Crippen LogP contribution >= 0.6 is 0 Å². The van der Waals surface area contributed by atoms with Gasteiger partial charge in [0.05, 0.1) is 0 Å². The summed E-state index contributed by atoms with van der Waals surface area (Å²) in [5, 5.41) is 3.58. The third-order valence-corrected chi connectivity index (χ3v) is 3.86. The van der Waals surface area contributed by atoms with Gasteiger partial charge in [-0.15, -0.1) is 0 Å². The van der Waals surface area contributed by atoms with E-state index in [0.717, 1.165) is 18.0 Å². The van der Waals surface area contributed by atoms with Crippen LogP contribution in [0.2, 0.25) is 0 Å². The molecule has 3 rings (SSSR count). The summed E-state index contributed by atoms with van der Waals surface area (Å²) in [6.45, 7) is 5.71. The smallest absolute Gasteiger partial charge is 0.231 e. The Balaban J connectivity index is 2.04. The van der Waals surface area contributed by atoms with Crippen LogP contribution in [0.3, 0.4) is 0 Å². The molecule has 1 aromatic carbocycles. The van der Waals surface area contributed by atoms with Gasteiger partial charge < -0.3 is 14.8 Å². The summed E-state index contributed by atoms with van der Waals surface area (Å²) in [4.78, 5) is 0. The van der Waals surface area contributed by atoms with E-state index in [-0.39, 0.29) is 0 Å². The van der Waals surface area contributed by atoms with Crippen LogP contribution in [0.1, 0.15) is 42.0 Å². The van der Waals surface area contributed by atoms with Crippen LogP contribution in [-0.2, 0) is 0 Å². The maximum Gasteiger partial charge on any atom is 0.231 e. The summed E-state index contributed by atoms with van der Waals surface area (Å²) < 4.78 is 11.2. The van der Waals surface area contributed by atoms with Gasteiger partial charge in [0.2, 0.25) is 6.79 Å². The fourth-order valence-electron chi connectivity index (χ4n) is 2.73. The number of rotatable bonds is 1. The average Bonchev–Trinajstić information content (AvgIpc) is 2.84. The Morgan fingerprint density at radius 2 is 2.00 bits per heavy atom. The Kier molecular flexibility index (Phi) is 2.71. The van der Waals surface area contributed by atoms with Crippen LogP contribution in [0.15, 0.2) is 6.07 Å². The molecule has 17 heavy (non-hydrogen) atoms. The van der Waals surface area contributed by atoms with Crippen LogP contribution < -0.4 is 14.8 Å². The molecule has 2 aliphatic heterocycles. The third kappa shape index (κ3) is 1.78. The van der Waals surface area contributed by atoms with Crippen molar-refractivity contribution in [3.63, 3.8) is 0 Å². The van der Waals surface area contributed by atoms with E-state index in [0.29, 0.717) is 12.8 Å². The zero-order chi connectivity index (χ0) is 11.8. The highest BCUT2D eigenvalue weighted by Gasteiger charge is 2.27. The summed E-state index contributed by atoms with van der Waals surface area (Å²) in [5.41, 5.74) is 3.77. The first-order valence-corrected chi connectivity index (χ1v) is 6.40. The molecular formula is C14H19NO2. The lowest BCUT2D eigenvalue weighted by molar-refractivity contribution is 0.172. The van der Waals surface area contributed by atoms with Gasteiger partial charge in [-0.25, -0.2) is 0 Å². The molecule has 0 amide bonds. The number of ether oxygens (including phenoxy) is 2.